The normalized spacial score (nSPS) is 11.5. The Hall–Kier alpha value is -1.06. The molecule has 1 rings (SSSR count). The van der Waals surface area contributed by atoms with Crippen molar-refractivity contribution in [2.75, 3.05) is 33.9 Å². The summed E-state index contributed by atoms with van der Waals surface area (Å²) < 4.78 is 10.3. The third-order valence-electron chi connectivity index (χ3n) is 2.90. The van der Waals surface area contributed by atoms with Crippen molar-refractivity contribution in [2.24, 2.45) is 0 Å². The van der Waals surface area contributed by atoms with Gasteiger partial charge >= 0.3 is 0 Å². The minimum atomic E-state index is 0.0856. The topological polar surface area (TPSA) is 30.5 Å². The van der Waals surface area contributed by atoms with E-state index in [0.717, 1.165) is 25.4 Å². The average molecular weight is 237 g/mol. The van der Waals surface area contributed by atoms with Crippen molar-refractivity contribution in [3.8, 4) is 5.75 Å². The van der Waals surface area contributed by atoms with Crippen LogP contribution in [0.1, 0.15) is 19.4 Å². The van der Waals surface area contributed by atoms with Crippen LogP contribution in [0.3, 0.4) is 0 Å². The van der Waals surface area contributed by atoms with E-state index in [2.05, 4.69) is 31.3 Å². The summed E-state index contributed by atoms with van der Waals surface area (Å²) in [5.41, 5.74) is 1.37. The summed E-state index contributed by atoms with van der Waals surface area (Å²) in [7, 11) is 3.41. The van der Waals surface area contributed by atoms with E-state index in [-0.39, 0.29) is 5.41 Å². The number of hydrogen-bond donors (Lipinski definition) is 1. The fourth-order valence-electron chi connectivity index (χ4n) is 1.72. The zero-order chi connectivity index (χ0) is 12.7. The number of rotatable bonds is 7. The van der Waals surface area contributed by atoms with Crippen molar-refractivity contribution in [3.63, 3.8) is 0 Å². The lowest BCUT2D eigenvalue weighted by Gasteiger charge is -2.26. The molecule has 0 saturated carbocycles. The van der Waals surface area contributed by atoms with Gasteiger partial charge in [0.05, 0.1) is 13.7 Å². The third-order valence-corrected chi connectivity index (χ3v) is 2.90. The fraction of sp³-hybridized carbons (Fsp3) is 0.571. The monoisotopic (exact) mass is 237 g/mol. The first-order valence-corrected chi connectivity index (χ1v) is 5.94. The summed E-state index contributed by atoms with van der Waals surface area (Å²) in [4.78, 5) is 0. The zero-order valence-electron chi connectivity index (χ0n) is 11.2. The van der Waals surface area contributed by atoms with Crippen LogP contribution in [0.4, 0.5) is 0 Å². The van der Waals surface area contributed by atoms with Crippen LogP contribution in [-0.2, 0) is 10.2 Å². The number of nitrogens with one attached hydrogen (secondary N) is 1. The van der Waals surface area contributed by atoms with Crippen molar-refractivity contribution in [1.82, 2.24) is 5.32 Å². The molecule has 1 aromatic rings. The lowest BCUT2D eigenvalue weighted by atomic mass is 9.84. The first-order valence-electron chi connectivity index (χ1n) is 5.94. The summed E-state index contributed by atoms with van der Waals surface area (Å²) in [5.74, 6) is 0.910. The summed E-state index contributed by atoms with van der Waals surface area (Å²) in [6, 6.07) is 8.24. The molecular formula is C14H23NO2. The standard InChI is InChI=1S/C14H23NO2/c1-14(2,11-15-8-9-16-3)12-6-5-7-13(10-12)17-4/h5-7,10,15H,8-9,11H2,1-4H3. The molecule has 0 amide bonds. The summed E-state index contributed by atoms with van der Waals surface area (Å²) >= 11 is 0. The molecule has 0 unspecified atom stereocenters. The van der Waals surface area contributed by atoms with Gasteiger partial charge in [-0.25, -0.2) is 0 Å². The van der Waals surface area contributed by atoms with Crippen LogP contribution in [0.2, 0.25) is 0 Å². The second kappa shape index (κ2) is 6.62. The first kappa shape index (κ1) is 14.0. The molecule has 0 aliphatic rings. The molecule has 0 saturated heterocycles. The van der Waals surface area contributed by atoms with Gasteiger partial charge in [0.15, 0.2) is 0 Å². The Morgan fingerprint density at radius 2 is 2.00 bits per heavy atom. The van der Waals surface area contributed by atoms with E-state index >= 15 is 0 Å². The molecule has 0 aliphatic carbocycles. The molecule has 96 valence electrons. The van der Waals surface area contributed by atoms with E-state index in [0.29, 0.717) is 0 Å². The molecule has 0 heterocycles. The maximum Gasteiger partial charge on any atom is 0.119 e. The molecule has 1 N–H and O–H groups in total. The van der Waals surface area contributed by atoms with E-state index in [1.165, 1.54) is 5.56 Å². The Balaban J connectivity index is 2.61. The molecule has 0 atom stereocenters. The predicted octanol–water partition coefficient (Wildman–Crippen LogP) is 2.21. The highest BCUT2D eigenvalue weighted by Crippen LogP contribution is 2.25. The zero-order valence-corrected chi connectivity index (χ0v) is 11.2. The highest BCUT2D eigenvalue weighted by molar-refractivity contribution is 5.33. The minimum absolute atomic E-state index is 0.0856. The van der Waals surface area contributed by atoms with Gasteiger partial charge in [0.1, 0.15) is 5.75 Å². The molecule has 0 bridgehead atoms. The van der Waals surface area contributed by atoms with Crippen LogP contribution in [0.15, 0.2) is 24.3 Å². The lowest BCUT2D eigenvalue weighted by molar-refractivity contribution is 0.197. The Morgan fingerprint density at radius 1 is 1.24 bits per heavy atom. The Bertz CT molecular complexity index is 337. The van der Waals surface area contributed by atoms with Crippen LogP contribution in [0, 0.1) is 0 Å². The van der Waals surface area contributed by atoms with Crippen molar-refractivity contribution < 1.29 is 9.47 Å². The van der Waals surface area contributed by atoms with Crippen LogP contribution in [0.5, 0.6) is 5.75 Å². The minimum Gasteiger partial charge on any atom is -0.497 e. The van der Waals surface area contributed by atoms with Gasteiger partial charge in [-0.05, 0) is 17.7 Å². The third kappa shape index (κ3) is 4.36. The quantitative estimate of drug-likeness (QED) is 0.738. The van der Waals surface area contributed by atoms with E-state index in [4.69, 9.17) is 9.47 Å². The van der Waals surface area contributed by atoms with Crippen molar-refractivity contribution in [3.05, 3.63) is 29.8 Å². The Kier molecular flexibility index (Phi) is 5.45. The summed E-state index contributed by atoms with van der Waals surface area (Å²) in [5, 5.41) is 3.40. The molecule has 1 aromatic carbocycles. The van der Waals surface area contributed by atoms with Crippen LogP contribution in [-0.4, -0.2) is 33.9 Å². The number of ether oxygens (including phenoxy) is 2. The number of hydrogen-bond acceptors (Lipinski definition) is 3. The van der Waals surface area contributed by atoms with E-state index < -0.39 is 0 Å². The van der Waals surface area contributed by atoms with Gasteiger partial charge in [0.25, 0.3) is 0 Å². The molecule has 3 heteroatoms. The van der Waals surface area contributed by atoms with Gasteiger partial charge in [0.2, 0.25) is 0 Å². The Morgan fingerprint density at radius 3 is 2.65 bits per heavy atom. The molecule has 3 nitrogen and oxygen atoms in total. The second-order valence-electron chi connectivity index (χ2n) is 4.79. The summed E-state index contributed by atoms with van der Waals surface area (Å²) in [6.45, 7) is 6.99. The van der Waals surface area contributed by atoms with E-state index in [1.807, 2.05) is 12.1 Å². The second-order valence-corrected chi connectivity index (χ2v) is 4.79. The maximum atomic E-state index is 5.25. The van der Waals surface area contributed by atoms with Gasteiger partial charge in [0, 0.05) is 25.6 Å². The maximum absolute atomic E-state index is 5.25. The number of methoxy groups -OCH3 is 2. The van der Waals surface area contributed by atoms with Crippen molar-refractivity contribution >= 4 is 0 Å². The smallest absolute Gasteiger partial charge is 0.119 e. The fourth-order valence-corrected chi connectivity index (χ4v) is 1.72. The molecule has 0 radical (unpaired) electrons. The van der Waals surface area contributed by atoms with Crippen LogP contribution >= 0.6 is 0 Å². The lowest BCUT2D eigenvalue weighted by Crippen LogP contribution is -2.34. The van der Waals surface area contributed by atoms with Crippen LogP contribution in [0.25, 0.3) is 0 Å². The highest BCUT2D eigenvalue weighted by atomic mass is 16.5. The molecule has 0 fully saturated rings. The molecule has 0 aromatic heterocycles. The molecule has 17 heavy (non-hydrogen) atoms. The first-order chi connectivity index (χ1) is 8.10. The van der Waals surface area contributed by atoms with E-state index in [1.54, 1.807) is 14.2 Å². The molecule has 0 aliphatic heterocycles. The van der Waals surface area contributed by atoms with Gasteiger partial charge in [-0.1, -0.05) is 26.0 Å². The van der Waals surface area contributed by atoms with Crippen molar-refractivity contribution in [1.29, 1.82) is 0 Å². The van der Waals surface area contributed by atoms with Gasteiger partial charge in [-0.2, -0.15) is 0 Å². The van der Waals surface area contributed by atoms with Crippen molar-refractivity contribution in [2.45, 2.75) is 19.3 Å². The average Bonchev–Trinajstić information content (AvgIpc) is 2.35. The van der Waals surface area contributed by atoms with Crippen LogP contribution < -0.4 is 10.1 Å². The summed E-state index contributed by atoms with van der Waals surface area (Å²) in [6.07, 6.45) is 0. The number of benzene rings is 1. The largest absolute Gasteiger partial charge is 0.497 e. The van der Waals surface area contributed by atoms with E-state index in [9.17, 15) is 0 Å². The van der Waals surface area contributed by atoms with Gasteiger partial charge in [-0.15, -0.1) is 0 Å². The highest BCUT2D eigenvalue weighted by Gasteiger charge is 2.20. The molecular weight excluding hydrogens is 214 g/mol. The van der Waals surface area contributed by atoms with Gasteiger partial charge < -0.3 is 14.8 Å². The Labute approximate surface area is 104 Å². The molecule has 0 spiro atoms. The SMILES string of the molecule is COCCNCC(C)(C)c1cccc(OC)c1. The van der Waals surface area contributed by atoms with Gasteiger partial charge in [-0.3, -0.25) is 0 Å². The predicted molar refractivity (Wildman–Crippen MR) is 70.8 cm³/mol.